The van der Waals surface area contributed by atoms with Crippen LogP contribution in [0.25, 0.3) is 0 Å². The molecule has 0 aliphatic carbocycles. The minimum atomic E-state index is -0.223. The fourth-order valence-corrected chi connectivity index (χ4v) is 3.64. The molecule has 9 nitrogen and oxygen atoms in total. The van der Waals surface area contributed by atoms with Crippen LogP contribution in [0, 0.1) is 13.8 Å². The lowest BCUT2D eigenvalue weighted by molar-refractivity contribution is 0.141. The van der Waals surface area contributed by atoms with Crippen LogP contribution < -0.4 is 20.9 Å². The third-order valence-corrected chi connectivity index (χ3v) is 4.90. The summed E-state index contributed by atoms with van der Waals surface area (Å²) in [7, 11) is 0. The van der Waals surface area contributed by atoms with Crippen LogP contribution in [0.2, 0.25) is 0 Å². The van der Waals surface area contributed by atoms with Crippen molar-refractivity contribution >= 4 is 11.8 Å². The van der Waals surface area contributed by atoms with Crippen LogP contribution in [0.1, 0.15) is 17.1 Å². The number of nitrogens with one attached hydrogen (secondary N) is 1. The van der Waals surface area contributed by atoms with Crippen molar-refractivity contribution in [3.63, 3.8) is 0 Å². The standard InChI is InChI=1S/C17H23N7O2/c1-10-13-7-12(26-16(13)20-11(2)19-10)9-23-3-5-24(6-4-23)14-8-15(25)22-17(18)21-14/h8,12H,3-7,9H2,1-2H3,(H3,18,21,22,25)/t12-/m0/s1. The zero-order chi connectivity index (χ0) is 18.3. The molecule has 26 heavy (non-hydrogen) atoms. The van der Waals surface area contributed by atoms with Crippen molar-refractivity contribution in [1.29, 1.82) is 0 Å². The minimum absolute atomic E-state index is 0.111. The van der Waals surface area contributed by atoms with E-state index in [1.54, 1.807) is 0 Å². The molecule has 1 fully saturated rings. The van der Waals surface area contributed by atoms with Crippen LogP contribution in [-0.2, 0) is 6.42 Å². The van der Waals surface area contributed by atoms with E-state index in [4.69, 9.17) is 10.5 Å². The molecule has 1 atom stereocenters. The van der Waals surface area contributed by atoms with E-state index in [1.807, 2.05) is 13.8 Å². The number of hydrogen-bond acceptors (Lipinski definition) is 8. The molecule has 3 N–H and O–H groups in total. The Hall–Kier alpha value is -2.68. The fraction of sp³-hybridized carbons (Fsp3) is 0.529. The van der Waals surface area contributed by atoms with E-state index >= 15 is 0 Å². The smallest absolute Gasteiger partial charge is 0.254 e. The van der Waals surface area contributed by atoms with Gasteiger partial charge in [0.1, 0.15) is 17.7 Å². The molecule has 0 saturated carbocycles. The Morgan fingerprint density at radius 1 is 1.23 bits per heavy atom. The summed E-state index contributed by atoms with van der Waals surface area (Å²) in [6.45, 7) is 8.12. The summed E-state index contributed by atoms with van der Waals surface area (Å²) >= 11 is 0. The minimum Gasteiger partial charge on any atom is -0.472 e. The molecule has 0 aromatic carbocycles. The van der Waals surface area contributed by atoms with Gasteiger partial charge in [-0.3, -0.25) is 14.7 Å². The maximum absolute atomic E-state index is 11.6. The van der Waals surface area contributed by atoms with Gasteiger partial charge in [-0.05, 0) is 13.8 Å². The van der Waals surface area contributed by atoms with Gasteiger partial charge in [-0.15, -0.1) is 0 Å². The van der Waals surface area contributed by atoms with Crippen LogP contribution >= 0.6 is 0 Å². The first-order valence-corrected chi connectivity index (χ1v) is 8.83. The zero-order valence-electron chi connectivity index (χ0n) is 15.0. The maximum atomic E-state index is 11.6. The highest BCUT2D eigenvalue weighted by Crippen LogP contribution is 2.29. The lowest BCUT2D eigenvalue weighted by Crippen LogP contribution is -2.49. The van der Waals surface area contributed by atoms with E-state index in [-0.39, 0.29) is 17.6 Å². The Kier molecular flexibility index (Phi) is 4.23. The number of aryl methyl sites for hydroxylation is 2. The highest BCUT2D eigenvalue weighted by Gasteiger charge is 2.29. The molecule has 0 radical (unpaired) electrons. The number of anilines is 2. The van der Waals surface area contributed by atoms with Crippen molar-refractivity contribution in [2.45, 2.75) is 26.4 Å². The van der Waals surface area contributed by atoms with Gasteiger partial charge >= 0.3 is 0 Å². The largest absolute Gasteiger partial charge is 0.472 e. The Balaban J connectivity index is 1.35. The van der Waals surface area contributed by atoms with E-state index in [2.05, 4.69) is 29.7 Å². The maximum Gasteiger partial charge on any atom is 0.254 e. The van der Waals surface area contributed by atoms with Crippen molar-refractivity contribution in [1.82, 2.24) is 24.8 Å². The Labute approximate surface area is 151 Å². The van der Waals surface area contributed by atoms with E-state index < -0.39 is 0 Å². The van der Waals surface area contributed by atoms with Crippen LogP contribution in [0.15, 0.2) is 10.9 Å². The number of piperazine rings is 1. The molecule has 0 unspecified atom stereocenters. The highest BCUT2D eigenvalue weighted by atomic mass is 16.5. The Bertz CT molecular complexity index is 874. The van der Waals surface area contributed by atoms with Crippen molar-refractivity contribution in [2.75, 3.05) is 43.4 Å². The Morgan fingerprint density at radius 2 is 2.00 bits per heavy atom. The first-order chi connectivity index (χ1) is 12.5. The predicted molar refractivity (Wildman–Crippen MR) is 97.5 cm³/mol. The third-order valence-electron chi connectivity index (χ3n) is 4.90. The first kappa shape index (κ1) is 16.8. The number of nitrogens with zero attached hydrogens (tertiary/aromatic N) is 5. The normalized spacial score (nSPS) is 20.1. The van der Waals surface area contributed by atoms with Crippen LogP contribution in [0.4, 0.5) is 11.8 Å². The number of hydrogen-bond donors (Lipinski definition) is 2. The summed E-state index contributed by atoms with van der Waals surface area (Å²) < 4.78 is 6.03. The van der Waals surface area contributed by atoms with Gasteiger partial charge in [0, 0.05) is 56.5 Å². The molecule has 1 saturated heterocycles. The van der Waals surface area contributed by atoms with Gasteiger partial charge in [-0.2, -0.15) is 9.97 Å². The van der Waals surface area contributed by atoms with Crippen LogP contribution in [-0.4, -0.2) is 63.7 Å². The summed E-state index contributed by atoms with van der Waals surface area (Å²) in [5, 5.41) is 0. The van der Waals surface area contributed by atoms with Gasteiger partial charge in [0.05, 0.1) is 0 Å². The lowest BCUT2D eigenvalue weighted by Gasteiger charge is -2.36. The third kappa shape index (κ3) is 3.34. The number of aromatic amines is 1. The SMILES string of the molecule is Cc1nc(C)c2c(n1)O[C@H](CN1CCN(c3cc(=O)[nH]c(N)n3)CC1)C2. The molecular weight excluding hydrogens is 334 g/mol. The summed E-state index contributed by atoms with van der Waals surface area (Å²) in [5.41, 5.74) is 7.55. The van der Waals surface area contributed by atoms with Gasteiger partial charge < -0.3 is 15.4 Å². The zero-order valence-corrected chi connectivity index (χ0v) is 15.0. The van der Waals surface area contributed by atoms with Crippen LogP contribution in [0.3, 0.4) is 0 Å². The van der Waals surface area contributed by atoms with Gasteiger partial charge in [0.25, 0.3) is 5.56 Å². The predicted octanol–water partition coefficient (Wildman–Crippen LogP) is -0.115. The quantitative estimate of drug-likeness (QED) is 0.782. The number of H-pyrrole nitrogens is 1. The summed E-state index contributed by atoms with van der Waals surface area (Å²) in [5.74, 6) is 2.28. The van der Waals surface area contributed by atoms with E-state index in [0.29, 0.717) is 5.82 Å². The number of nitrogens with two attached hydrogens (primary N) is 1. The fourth-order valence-electron chi connectivity index (χ4n) is 3.64. The number of nitrogen functional groups attached to an aromatic ring is 1. The molecule has 0 spiro atoms. The summed E-state index contributed by atoms with van der Waals surface area (Å²) in [6.07, 6.45) is 0.966. The summed E-state index contributed by atoms with van der Waals surface area (Å²) in [6, 6.07) is 1.49. The first-order valence-electron chi connectivity index (χ1n) is 8.83. The van der Waals surface area contributed by atoms with Crippen molar-refractivity contribution < 1.29 is 4.74 Å². The molecule has 4 rings (SSSR count). The Morgan fingerprint density at radius 3 is 2.73 bits per heavy atom. The van der Waals surface area contributed by atoms with Gasteiger partial charge in [0.2, 0.25) is 11.8 Å². The van der Waals surface area contributed by atoms with Crippen molar-refractivity contribution in [3.05, 3.63) is 33.5 Å². The van der Waals surface area contributed by atoms with E-state index in [9.17, 15) is 4.79 Å². The van der Waals surface area contributed by atoms with E-state index in [0.717, 1.165) is 62.1 Å². The number of ether oxygens (including phenoxy) is 1. The van der Waals surface area contributed by atoms with Gasteiger partial charge in [-0.1, -0.05) is 0 Å². The topological polar surface area (TPSA) is 113 Å². The molecule has 4 heterocycles. The average Bonchev–Trinajstić information content (AvgIpc) is 2.97. The number of fused-ring (bicyclic) bond motifs is 1. The van der Waals surface area contributed by atoms with Crippen molar-refractivity contribution in [2.24, 2.45) is 0 Å². The number of aromatic nitrogens is 4. The molecule has 138 valence electrons. The number of rotatable bonds is 3. The summed E-state index contributed by atoms with van der Waals surface area (Å²) in [4.78, 5) is 31.6. The van der Waals surface area contributed by atoms with Gasteiger partial charge in [-0.25, -0.2) is 4.98 Å². The second kappa shape index (κ2) is 6.56. The molecular formula is C17H23N7O2. The molecule has 2 aliphatic heterocycles. The average molecular weight is 357 g/mol. The van der Waals surface area contributed by atoms with Gasteiger partial charge in [0.15, 0.2) is 0 Å². The second-order valence-electron chi connectivity index (χ2n) is 6.86. The molecule has 2 aliphatic rings. The van der Waals surface area contributed by atoms with E-state index in [1.165, 1.54) is 6.07 Å². The molecule has 0 amide bonds. The monoisotopic (exact) mass is 357 g/mol. The highest BCUT2D eigenvalue weighted by molar-refractivity contribution is 5.41. The lowest BCUT2D eigenvalue weighted by atomic mass is 10.1. The molecule has 9 heteroatoms. The van der Waals surface area contributed by atoms with Crippen LogP contribution in [0.5, 0.6) is 5.88 Å². The second-order valence-corrected chi connectivity index (χ2v) is 6.86. The molecule has 2 aromatic heterocycles. The molecule has 0 bridgehead atoms. The van der Waals surface area contributed by atoms with Crippen molar-refractivity contribution in [3.8, 4) is 5.88 Å². The molecule has 2 aromatic rings.